The Hall–Kier alpha value is -2.29. The van der Waals surface area contributed by atoms with Crippen molar-refractivity contribution in [1.29, 1.82) is 0 Å². The number of nitrogens with zero attached hydrogens (tertiary/aromatic N) is 2. The predicted molar refractivity (Wildman–Crippen MR) is 142 cm³/mol. The average molecular weight is 543 g/mol. The van der Waals surface area contributed by atoms with Gasteiger partial charge in [-0.3, -0.25) is 13.9 Å². The van der Waals surface area contributed by atoms with Crippen molar-refractivity contribution >= 4 is 50.7 Å². The Morgan fingerprint density at radius 3 is 2.17 bits per heavy atom. The van der Waals surface area contributed by atoms with E-state index in [4.69, 9.17) is 23.2 Å². The number of halogens is 2. The van der Waals surface area contributed by atoms with E-state index in [1.807, 2.05) is 26.8 Å². The van der Waals surface area contributed by atoms with Gasteiger partial charge in [0, 0.05) is 41.2 Å². The largest absolute Gasteiger partial charge is 0.352 e. The highest BCUT2D eigenvalue weighted by atomic mass is 35.5. The zero-order valence-electron chi connectivity index (χ0n) is 20.7. The molecule has 0 fully saturated rings. The summed E-state index contributed by atoms with van der Waals surface area (Å²) in [5, 5.41) is 3.62. The SMILES string of the molecule is Cc1cccc(N(CCCC(=O)N(Cc2c(Cl)cccc2Cl)[C@@H](C)C(=O)NC(C)C)S(C)(=O)=O)c1. The van der Waals surface area contributed by atoms with Gasteiger partial charge in [0.25, 0.3) is 0 Å². The van der Waals surface area contributed by atoms with Crippen molar-refractivity contribution in [3.05, 3.63) is 63.6 Å². The van der Waals surface area contributed by atoms with Crippen LogP contribution in [0.3, 0.4) is 0 Å². The van der Waals surface area contributed by atoms with E-state index >= 15 is 0 Å². The van der Waals surface area contributed by atoms with Crippen LogP contribution in [-0.2, 0) is 26.2 Å². The number of carbonyl (C=O) groups excluding carboxylic acids is 2. The van der Waals surface area contributed by atoms with Crippen LogP contribution in [0.1, 0.15) is 44.7 Å². The van der Waals surface area contributed by atoms with Gasteiger partial charge in [-0.1, -0.05) is 41.4 Å². The molecule has 0 radical (unpaired) electrons. The molecule has 0 unspecified atom stereocenters. The van der Waals surface area contributed by atoms with Crippen molar-refractivity contribution in [1.82, 2.24) is 10.2 Å². The second kappa shape index (κ2) is 12.6. The molecule has 192 valence electrons. The smallest absolute Gasteiger partial charge is 0.242 e. The number of nitrogens with one attached hydrogen (secondary N) is 1. The van der Waals surface area contributed by atoms with E-state index in [9.17, 15) is 18.0 Å². The maximum absolute atomic E-state index is 13.3. The number of carbonyl (C=O) groups is 2. The second-order valence-corrected chi connectivity index (χ2v) is 11.6. The Balaban J connectivity index is 2.23. The van der Waals surface area contributed by atoms with Gasteiger partial charge in [0.05, 0.1) is 11.9 Å². The first-order chi connectivity index (χ1) is 16.3. The fourth-order valence-electron chi connectivity index (χ4n) is 3.63. The molecule has 2 aromatic carbocycles. The van der Waals surface area contributed by atoms with Crippen LogP contribution < -0.4 is 9.62 Å². The summed E-state index contributed by atoms with van der Waals surface area (Å²) in [6.07, 6.45) is 1.45. The normalized spacial score (nSPS) is 12.3. The van der Waals surface area contributed by atoms with Crippen LogP contribution in [-0.4, -0.2) is 50.0 Å². The summed E-state index contributed by atoms with van der Waals surface area (Å²) in [5.41, 5.74) is 2.02. The van der Waals surface area contributed by atoms with Crippen molar-refractivity contribution < 1.29 is 18.0 Å². The third kappa shape index (κ3) is 8.40. The minimum atomic E-state index is -3.55. The third-order valence-corrected chi connectivity index (χ3v) is 7.33. The highest BCUT2D eigenvalue weighted by Gasteiger charge is 2.28. The fourth-order valence-corrected chi connectivity index (χ4v) is 5.10. The van der Waals surface area contributed by atoms with Crippen LogP contribution in [0.4, 0.5) is 5.69 Å². The molecule has 1 N–H and O–H groups in total. The molecular weight excluding hydrogens is 509 g/mol. The van der Waals surface area contributed by atoms with Gasteiger partial charge in [0.2, 0.25) is 21.8 Å². The highest BCUT2D eigenvalue weighted by Crippen LogP contribution is 2.27. The minimum Gasteiger partial charge on any atom is -0.352 e. The molecule has 2 rings (SSSR count). The number of sulfonamides is 1. The quantitative estimate of drug-likeness (QED) is 0.443. The number of benzene rings is 2. The molecule has 1 atom stereocenters. The summed E-state index contributed by atoms with van der Waals surface area (Å²) >= 11 is 12.7. The van der Waals surface area contributed by atoms with Crippen LogP contribution in [0.2, 0.25) is 10.0 Å². The topological polar surface area (TPSA) is 86.8 Å². The van der Waals surface area contributed by atoms with Crippen LogP contribution in [0.15, 0.2) is 42.5 Å². The van der Waals surface area contributed by atoms with Crippen LogP contribution >= 0.6 is 23.2 Å². The van der Waals surface area contributed by atoms with Crippen LogP contribution in [0, 0.1) is 6.92 Å². The van der Waals surface area contributed by atoms with Gasteiger partial charge >= 0.3 is 0 Å². The van der Waals surface area contributed by atoms with Gasteiger partial charge in [-0.05, 0) is 63.9 Å². The summed E-state index contributed by atoms with van der Waals surface area (Å²) in [4.78, 5) is 27.5. The van der Waals surface area contributed by atoms with E-state index in [-0.39, 0.29) is 43.8 Å². The summed E-state index contributed by atoms with van der Waals surface area (Å²) in [5.74, 6) is -0.598. The molecule has 0 aromatic heterocycles. The summed E-state index contributed by atoms with van der Waals surface area (Å²) in [6.45, 7) is 7.39. The molecule has 0 bridgehead atoms. The van der Waals surface area contributed by atoms with E-state index in [1.54, 1.807) is 43.3 Å². The highest BCUT2D eigenvalue weighted by molar-refractivity contribution is 7.92. The molecular formula is C25H33Cl2N3O4S. The first-order valence-corrected chi connectivity index (χ1v) is 14.0. The van der Waals surface area contributed by atoms with Gasteiger partial charge in [-0.15, -0.1) is 0 Å². The average Bonchev–Trinajstić information content (AvgIpc) is 2.74. The van der Waals surface area contributed by atoms with Crippen LogP contribution in [0.5, 0.6) is 0 Å². The lowest BCUT2D eigenvalue weighted by atomic mass is 10.1. The molecule has 35 heavy (non-hydrogen) atoms. The van der Waals surface area contributed by atoms with Crippen molar-refractivity contribution in [2.24, 2.45) is 0 Å². The lowest BCUT2D eigenvalue weighted by molar-refractivity contribution is -0.140. The molecule has 0 saturated heterocycles. The molecule has 7 nitrogen and oxygen atoms in total. The molecule has 10 heteroatoms. The van der Waals surface area contributed by atoms with Gasteiger partial charge in [-0.25, -0.2) is 8.42 Å². The van der Waals surface area contributed by atoms with Gasteiger partial charge < -0.3 is 10.2 Å². The van der Waals surface area contributed by atoms with Crippen molar-refractivity contribution in [2.45, 2.75) is 59.2 Å². The lowest BCUT2D eigenvalue weighted by Gasteiger charge is -2.30. The Kier molecular flexibility index (Phi) is 10.4. The minimum absolute atomic E-state index is 0.0409. The predicted octanol–water partition coefficient (Wildman–Crippen LogP) is 4.79. The van der Waals surface area contributed by atoms with E-state index in [1.165, 1.54) is 9.21 Å². The van der Waals surface area contributed by atoms with E-state index in [2.05, 4.69) is 5.32 Å². The van der Waals surface area contributed by atoms with E-state index in [0.29, 0.717) is 21.3 Å². The Labute approximate surface area is 218 Å². The molecule has 0 aliphatic carbocycles. The first kappa shape index (κ1) is 28.9. The number of aryl methyl sites for hydroxylation is 1. The summed E-state index contributed by atoms with van der Waals surface area (Å²) in [6, 6.07) is 11.4. The summed E-state index contributed by atoms with van der Waals surface area (Å²) in [7, 11) is -3.55. The second-order valence-electron chi connectivity index (χ2n) is 8.84. The zero-order valence-corrected chi connectivity index (χ0v) is 23.0. The molecule has 0 spiro atoms. The molecule has 0 aliphatic heterocycles. The number of anilines is 1. The number of rotatable bonds is 11. The van der Waals surface area contributed by atoms with Crippen LogP contribution in [0.25, 0.3) is 0 Å². The van der Waals surface area contributed by atoms with Crippen molar-refractivity contribution in [2.75, 3.05) is 17.1 Å². The van der Waals surface area contributed by atoms with E-state index < -0.39 is 16.1 Å². The first-order valence-electron chi connectivity index (χ1n) is 11.4. The summed E-state index contributed by atoms with van der Waals surface area (Å²) < 4.78 is 26.1. The number of amides is 2. The Morgan fingerprint density at radius 1 is 1.03 bits per heavy atom. The maximum Gasteiger partial charge on any atom is 0.242 e. The fraction of sp³-hybridized carbons (Fsp3) is 0.440. The van der Waals surface area contributed by atoms with Gasteiger partial charge in [0.1, 0.15) is 6.04 Å². The molecule has 2 aromatic rings. The Bertz CT molecular complexity index is 1130. The molecule has 0 aliphatic rings. The maximum atomic E-state index is 13.3. The van der Waals surface area contributed by atoms with Gasteiger partial charge in [-0.2, -0.15) is 0 Å². The number of hydrogen-bond acceptors (Lipinski definition) is 4. The molecule has 0 saturated carbocycles. The van der Waals surface area contributed by atoms with Crippen molar-refractivity contribution in [3.63, 3.8) is 0 Å². The zero-order chi connectivity index (χ0) is 26.3. The third-order valence-electron chi connectivity index (χ3n) is 5.43. The standard InChI is InChI=1S/C25H33Cl2N3O4S/c1-17(2)28-25(32)19(4)29(16-21-22(26)11-7-12-23(21)27)24(31)13-8-14-30(35(5,33)34)20-10-6-9-18(3)15-20/h6-7,9-12,15,17,19H,8,13-14,16H2,1-5H3,(H,28,32)/t19-/m0/s1. The van der Waals surface area contributed by atoms with Gasteiger partial charge in [0.15, 0.2) is 0 Å². The lowest BCUT2D eigenvalue weighted by Crippen LogP contribution is -2.49. The monoisotopic (exact) mass is 541 g/mol. The molecule has 0 heterocycles. The molecule has 2 amide bonds. The Morgan fingerprint density at radius 2 is 1.63 bits per heavy atom. The van der Waals surface area contributed by atoms with Crippen molar-refractivity contribution in [3.8, 4) is 0 Å². The number of hydrogen-bond donors (Lipinski definition) is 1. The van der Waals surface area contributed by atoms with E-state index in [0.717, 1.165) is 11.8 Å².